The molecule has 0 aliphatic carbocycles. The minimum absolute atomic E-state index is 0.0576. The molecule has 9 heteroatoms. The van der Waals surface area contributed by atoms with Crippen molar-refractivity contribution in [2.24, 2.45) is 0 Å². The molecule has 0 saturated carbocycles. The summed E-state index contributed by atoms with van der Waals surface area (Å²) in [7, 11) is -3.70. The summed E-state index contributed by atoms with van der Waals surface area (Å²) in [6.45, 7) is 0. The van der Waals surface area contributed by atoms with Crippen molar-refractivity contribution in [3.63, 3.8) is 0 Å². The molecule has 0 saturated heterocycles. The second-order valence-electron chi connectivity index (χ2n) is 5.80. The molecule has 2 N–H and O–H groups in total. The maximum Gasteiger partial charge on any atom is 0.326 e. The Balaban J connectivity index is 1.99. The maximum atomic E-state index is 13.2. The predicted octanol–water partition coefficient (Wildman–Crippen LogP) is 1.94. The third kappa shape index (κ3) is 5.85. The van der Waals surface area contributed by atoms with Crippen molar-refractivity contribution in [1.82, 2.24) is 5.32 Å². The van der Waals surface area contributed by atoms with E-state index in [9.17, 15) is 31.9 Å². The van der Waals surface area contributed by atoms with Crippen molar-refractivity contribution in [2.45, 2.75) is 23.8 Å². The molecular weight excluding hydrogens is 380 g/mol. The van der Waals surface area contributed by atoms with Crippen LogP contribution < -0.4 is 5.32 Å². The summed E-state index contributed by atoms with van der Waals surface area (Å²) < 4.78 is 50.5. The first-order valence-corrected chi connectivity index (χ1v) is 9.58. The van der Waals surface area contributed by atoms with Gasteiger partial charge >= 0.3 is 5.97 Å². The highest BCUT2D eigenvalue weighted by Crippen LogP contribution is 2.13. The van der Waals surface area contributed by atoms with Crippen molar-refractivity contribution >= 4 is 21.7 Å². The Morgan fingerprint density at radius 2 is 1.70 bits per heavy atom. The molecule has 0 aliphatic rings. The SMILES string of the molecule is O=C(Cc1ccc(F)c(F)c1)N[C@@H](CCS(=O)(=O)c1ccccc1)C(=O)O. The molecule has 1 atom stereocenters. The summed E-state index contributed by atoms with van der Waals surface area (Å²) in [5, 5.41) is 11.4. The van der Waals surface area contributed by atoms with Crippen molar-refractivity contribution in [2.75, 3.05) is 5.75 Å². The van der Waals surface area contributed by atoms with Crippen LogP contribution >= 0.6 is 0 Å². The summed E-state index contributed by atoms with van der Waals surface area (Å²) in [5.74, 6) is -4.79. The molecule has 1 amide bonds. The average Bonchev–Trinajstić information content (AvgIpc) is 2.62. The topological polar surface area (TPSA) is 101 Å². The van der Waals surface area contributed by atoms with Crippen LogP contribution in [0.25, 0.3) is 0 Å². The minimum Gasteiger partial charge on any atom is -0.480 e. The van der Waals surface area contributed by atoms with Crippen LogP contribution in [0.5, 0.6) is 0 Å². The summed E-state index contributed by atoms with van der Waals surface area (Å²) in [6, 6.07) is 9.01. The van der Waals surface area contributed by atoms with Crippen LogP contribution in [0.15, 0.2) is 53.4 Å². The Hall–Kier alpha value is -2.81. The van der Waals surface area contributed by atoms with Gasteiger partial charge in [0.1, 0.15) is 6.04 Å². The Bertz CT molecular complexity index is 932. The lowest BCUT2D eigenvalue weighted by molar-refractivity contribution is -0.141. The molecule has 2 aromatic rings. The predicted molar refractivity (Wildman–Crippen MR) is 92.7 cm³/mol. The number of carboxylic acids is 1. The van der Waals surface area contributed by atoms with E-state index in [0.29, 0.717) is 0 Å². The van der Waals surface area contributed by atoms with Gasteiger partial charge in [-0.25, -0.2) is 22.0 Å². The van der Waals surface area contributed by atoms with E-state index in [1.807, 2.05) is 0 Å². The van der Waals surface area contributed by atoms with Crippen LogP contribution in [-0.4, -0.2) is 37.2 Å². The molecule has 6 nitrogen and oxygen atoms in total. The van der Waals surface area contributed by atoms with Gasteiger partial charge in [0.25, 0.3) is 0 Å². The van der Waals surface area contributed by atoms with Gasteiger partial charge in [-0.15, -0.1) is 0 Å². The van der Waals surface area contributed by atoms with E-state index in [1.54, 1.807) is 18.2 Å². The lowest BCUT2D eigenvalue weighted by Gasteiger charge is -2.15. The minimum atomic E-state index is -3.70. The molecule has 0 fully saturated rings. The fraction of sp³-hybridized carbons (Fsp3) is 0.222. The second-order valence-corrected chi connectivity index (χ2v) is 7.91. The molecule has 0 heterocycles. The highest BCUT2D eigenvalue weighted by Gasteiger charge is 2.24. The van der Waals surface area contributed by atoms with E-state index < -0.39 is 45.1 Å². The lowest BCUT2D eigenvalue weighted by atomic mass is 10.1. The van der Waals surface area contributed by atoms with E-state index in [1.165, 1.54) is 18.2 Å². The molecule has 0 radical (unpaired) electrons. The van der Waals surface area contributed by atoms with Crippen LogP contribution in [0, 0.1) is 11.6 Å². The number of rotatable bonds is 8. The van der Waals surface area contributed by atoms with E-state index >= 15 is 0 Å². The summed E-state index contributed by atoms with van der Waals surface area (Å²) >= 11 is 0. The van der Waals surface area contributed by atoms with Crippen LogP contribution in [0.4, 0.5) is 8.78 Å². The summed E-state index contributed by atoms with van der Waals surface area (Å²) in [4.78, 5) is 23.4. The molecule has 0 bridgehead atoms. The van der Waals surface area contributed by atoms with Gasteiger partial charge in [-0.3, -0.25) is 4.79 Å². The number of hydrogen-bond donors (Lipinski definition) is 2. The summed E-state index contributed by atoms with van der Waals surface area (Å²) in [6.07, 6.45) is -0.706. The average molecular weight is 397 g/mol. The quantitative estimate of drug-likeness (QED) is 0.709. The Kier molecular flexibility index (Phi) is 6.62. The van der Waals surface area contributed by atoms with Gasteiger partial charge in [0.2, 0.25) is 5.91 Å². The van der Waals surface area contributed by atoms with Crippen LogP contribution in [0.2, 0.25) is 0 Å². The van der Waals surface area contributed by atoms with Crippen molar-refractivity contribution in [3.05, 3.63) is 65.7 Å². The zero-order valence-corrected chi connectivity index (χ0v) is 14.9. The Morgan fingerprint density at radius 3 is 2.30 bits per heavy atom. The van der Waals surface area contributed by atoms with Gasteiger partial charge in [0.05, 0.1) is 17.1 Å². The number of carboxylic acid groups (broad SMARTS) is 1. The van der Waals surface area contributed by atoms with E-state index in [4.69, 9.17) is 0 Å². The fourth-order valence-corrected chi connectivity index (χ4v) is 3.71. The van der Waals surface area contributed by atoms with Crippen molar-refractivity contribution < 1.29 is 31.9 Å². The van der Waals surface area contributed by atoms with Crippen LogP contribution in [0.1, 0.15) is 12.0 Å². The molecule has 0 unspecified atom stereocenters. The van der Waals surface area contributed by atoms with Gasteiger partial charge in [-0.1, -0.05) is 24.3 Å². The number of amides is 1. The second kappa shape index (κ2) is 8.72. The number of aliphatic carboxylic acids is 1. The first-order valence-electron chi connectivity index (χ1n) is 7.93. The van der Waals surface area contributed by atoms with Gasteiger partial charge in [-0.05, 0) is 36.2 Å². The number of carbonyl (C=O) groups is 2. The van der Waals surface area contributed by atoms with Gasteiger partial charge in [-0.2, -0.15) is 0 Å². The van der Waals surface area contributed by atoms with Gasteiger partial charge < -0.3 is 10.4 Å². The molecule has 144 valence electrons. The molecule has 0 spiro atoms. The first kappa shape index (κ1) is 20.5. The number of hydrogen-bond acceptors (Lipinski definition) is 4. The molecule has 2 rings (SSSR count). The molecular formula is C18H17F2NO5S. The maximum absolute atomic E-state index is 13.2. The van der Waals surface area contributed by atoms with E-state index in [-0.39, 0.29) is 23.3 Å². The third-order valence-corrected chi connectivity index (χ3v) is 5.52. The lowest BCUT2D eigenvalue weighted by Crippen LogP contribution is -2.42. The van der Waals surface area contributed by atoms with Crippen molar-refractivity contribution in [3.8, 4) is 0 Å². The number of benzene rings is 2. The van der Waals surface area contributed by atoms with Gasteiger partial charge in [0.15, 0.2) is 21.5 Å². The van der Waals surface area contributed by atoms with Crippen molar-refractivity contribution in [1.29, 1.82) is 0 Å². The highest BCUT2D eigenvalue weighted by atomic mass is 32.2. The summed E-state index contributed by atoms with van der Waals surface area (Å²) in [5.41, 5.74) is 0.160. The highest BCUT2D eigenvalue weighted by molar-refractivity contribution is 7.91. The van der Waals surface area contributed by atoms with Crippen LogP contribution in [-0.2, 0) is 25.8 Å². The largest absolute Gasteiger partial charge is 0.480 e. The number of carbonyl (C=O) groups excluding carboxylic acids is 1. The molecule has 2 aromatic carbocycles. The van der Waals surface area contributed by atoms with Crippen LogP contribution in [0.3, 0.4) is 0 Å². The van der Waals surface area contributed by atoms with E-state index in [0.717, 1.165) is 12.1 Å². The normalized spacial score (nSPS) is 12.4. The smallest absolute Gasteiger partial charge is 0.326 e. The Morgan fingerprint density at radius 1 is 1.04 bits per heavy atom. The molecule has 27 heavy (non-hydrogen) atoms. The third-order valence-electron chi connectivity index (χ3n) is 3.76. The zero-order chi connectivity index (χ0) is 20.0. The fourth-order valence-electron chi connectivity index (χ4n) is 2.36. The monoisotopic (exact) mass is 397 g/mol. The number of halogens is 2. The standard InChI is InChI=1S/C18H17F2NO5S/c19-14-7-6-12(10-15(14)20)11-17(22)21-16(18(23)24)8-9-27(25,26)13-4-2-1-3-5-13/h1-7,10,16H,8-9,11H2,(H,21,22)(H,23,24)/t16-/m0/s1. The number of sulfone groups is 1. The number of nitrogens with one attached hydrogen (secondary N) is 1. The Labute approximate surface area is 154 Å². The molecule has 0 aromatic heterocycles. The van der Waals surface area contributed by atoms with E-state index in [2.05, 4.69) is 5.32 Å². The van der Waals surface area contributed by atoms with Gasteiger partial charge in [0, 0.05) is 0 Å². The molecule has 0 aliphatic heterocycles. The first-order chi connectivity index (χ1) is 12.7. The zero-order valence-electron chi connectivity index (χ0n) is 14.1.